The lowest BCUT2D eigenvalue weighted by Crippen LogP contribution is -2.49. The van der Waals surface area contributed by atoms with E-state index in [2.05, 4.69) is 21.6 Å². The Hall–Kier alpha value is -2.73. The normalized spacial score (nSPS) is 14.7. The number of fused-ring (bicyclic) bond motifs is 1. The molecule has 26 heavy (non-hydrogen) atoms. The van der Waals surface area contributed by atoms with Crippen LogP contribution in [0.3, 0.4) is 0 Å². The monoisotopic (exact) mass is 374 g/mol. The molecule has 0 radical (unpaired) electrons. The Bertz CT molecular complexity index is 861. The zero-order chi connectivity index (χ0) is 18.7. The van der Waals surface area contributed by atoms with Crippen molar-refractivity contribution in [3.63, 3.8) is 0 Å². The van der Waals surface area contributed by atoms with E-state index in [0.717, 1.165) is 11.8 Å². The summed E-state index contributed by atoms with van der Waals surface area (Å²) in [5, 5.41) is 20.2. The molecule has 1 N–H and O–H groups in total. The average Bonchev–Trinajstić information content (AvgIpc) is 3.28. The highest BCUT2D eigenvalue weighted by Gasteiger charge is 2.30. The second kappa shape index (κ2) is 7.25. The Morgan fingerprint density at radius 2 is 2.15 bits per heavy atom. The van der Waals surface area contributed by atoms with E-state index in [4.69, 9.17) is 13.9 Å². The summed E-state index contributed by atoms with van der Waals surface area (Å²) in [6, 6.07) is 7.47. The van der Waals surface area contributed by atoms with Crippen LogP contribution in [0.25, 0.3) is 11.5 Å². The molecule has 1 aliphatic heterocycles. The number of hydrogen-bond acceptors (Lipinski definition) is 8. The number of nitrogens with one attached hydrogen (secondary N) is 1. The van der Waals surface area contributed by atoms with Crippen LogP contribution in [0.15, 0.2) is 27.8 Å². The maximum Gasteiger partial charge on any atom is 0.277 e. The summed E-state index contributed by atoms with van der Waals surface area (Å²) in [7, 11) is 0. The number of rotatable bonds is 6. The number of carbonyl (C=O) groups excluding carboxylic acids is 1. The van der Waals surface area contributed by atoms with Crippen molar-refractivity contribution in [3.8, 4) is 29.0 Å². The van der Waals surface area contributed by atoms with Crippen LogP contribution in [0.5, 0.6) is 11.5 Å². The minimum Gasteiger partial charge on any atom is -0.454 e. The zero-order valence-electron chi connectivity index (χ0n) is 14.6. The lowest BCUT2D eigenvalue weighted by molar-refractivity contribution is -0.120. The molecule has 0 unspecified atom stereocenters. The van der Waals surface area contributed by atoms with E-state index in [0.29, 0.717) is 23.0 Å². The van der Waals surface area contributed by atoms with Gasteiger partial charge >= 0.3 is 0 Å². The molecule has 0 bridgehead atoms. The molecule has 0 aliphatic carbocycles. The van der Waals surface area contributed by atoms with E-state index in [1.54, 1.807) is 25.1 Å². The fraction of sp³-hybridized carbons (Fsp3) is 0.412. The first-order valence-electron chi connectivity index (χ1n) is 8.00. The summed E-state index contributed by atoms with van der Waals surface area (Å²) in [4.78, 5) is 12.1. The van der Waals surface area contributed by atoms with Crippen LogP contribution in [0, 0.1) is 17.2 Å². The van der Waals surface area contributed by atoms with Crippen molar-refractivity contribution in [1.82, 2.24) is 15.5 Å². The summed E-state index contributed by atoms with van der Waals surface area (Å²) in [5.41, 5.74) is -0.209. The van der Waals surface area contributed by atoms with E-state index in [9.17, 15) is 10.1 Å². The van der Waals surface area contributed by atoms with Crippen LogP contribution in [-0.4, -0.2) is 34.2 Å². The number of nitriles is 1. The quantitative estimate of drug-likeness (QED) is 0.768. The molecule has 1 aromatic carbocycles. The molecular weight excluding hydrogens is 356 g/mol. The maximum absolute atomic E-state index is 12.1. The van der Waals surface area contributed by atoms with Crippen molar-refractivity contribution in [2.45, 2.75) is 31.5 Å². The fourth-order valence-corrected chi connectivity index (χ4v) is 2.73. The smallest absolute Gasteiger partial charge is 0.277 e. The Balaban J connectivity index is 1.61. The van der Waals surface area contributed by atoms with Gasteiger partial charge in [-0.15, -0.1) is 10.2 Å². The fourth-order valence-electron chi connectivity index (χ4n) is 2.17. The van der Waals surface area contributed by atoms with E-state index >= 15 is 0 Å². The molecule has 0 saturated carbocycles. The van der Waals surface area contributed by atoms with Gasteiger partial charge < -0.3 is 19.2 Å². The maximum atomic E-state index is 12.1. The topological polar surface area (TPSA) is 110 Å². The van der Waals surface area contributed by atoms with Crippen LogP contribution in [0.2, 0.25) is 0 Å². The molecule has 1 amide bonds. The van der Waals surface area contributed by atoms with Gasteiger partial charge in [-0.2, -0.15) is 5.26 Å². The Morgan fingerprint density at radius 3 is 2.88 bits per heavy atom. The molecule has 9 heteroatoms. The predicted molar refractivity (Wildman–Crippen MR) is 93.6 cm³/mol. The van der Waals surface area contributed by atoms with E-state index in [1.807, 2.05) is 13.8 Å². The highest BCUT2D eigenvalue weighted by Crippen LogP contribution is 2.36. The van der Waals surface area contributed by atoms with Crippen molar-refractivity contribution in [2.75, 3.05) is 12.5 Å². The molecule has 0 fully saturated rings. The molecule has 0 saturated heterocycles. The lowest BCUT2D eigenvalue weighted by atomic mass is 9.90. The van der Waals surface area contributed by atoms with Gasteiger partial charge in [0.25, 0.3) is 5.22 Å². The third-order valence-electron chi connectivity index (χ3n) is 4.14. The lowest BCUT2D eigenvalue weighted by Gasteiger charge is -2.27. The Labute approximate surface area is 154 Å². The van der Waals surface area contributed by atoms with Gasteiger partial charge in [0.15, 0.2) is 11.5 Å². The molecule has 8 nitrogen and oxygen atoms in total. The van der Waals surface area contributed by atoms with Crippen molar-refractivity contribution in [1.29, 1.82) is 5.26 Å². The number of amides is 1. The first-order valence-corrected chi connectivity index (χ1v) is 8.98. The minimum atomic E-state index is -0.913. The van der Waals surface area contributed by atoms with Crippen molar-refractivity contribution >= 4 is 17.7 Å². The molecule has 1 atom stereocenters. The number of carbonyl (C=O) groups is 1. The van der Waals surface area contributed by atoms with E-state index < -0.39 is 5.54 Å². The van der Waals surface area contributed by atoms with Gasteiger partial charge in [-0.1, -0.05) is 25.6 Å². The second-order valence-corrected chi connectivity index (χ2v) is 7.17. The van der Waals surface area contributed by atoms with Gasteiger partial charge in [-0.05, 0) is 31.0 Å². The standard InChI is InChI=1S/C17H18N4O4S/c1-10(2)17(3,8-18)19-14(22)7-26-16-21-20-15(25-16)11-4-5-12-13(6-11)24-9-23-12/h4-6,10H,7,9H2,1-3H3,(H,19,22)/t17-/m1/s1. The summed E-state index contributed by atoms with van der Waals surface area (Å²) in [6.45, 7) is 5.65. The molecule has 2 heterocycles. The molecule has 136 valence electrons. The van der Waals surface area contributed by atoms with Crippen molar-refractivity contribution in [3.05, 3.63) is 18.2 Å². The summed E-state index contributed by atoms with van der Waals surface area (Å²) < 4.78 is 16.2. The molecule has 0 spiro atoms. The number of thioether (sulfide) groups is 1. The van der Waals surface area contributed by atoms with E-state index in [1.165, 1.54) is 0 Å². The van der Waals surface area contributed by atoms with Crippen molar-refractivity contribution in [2.24, 2.45) is 5.92 Å². The molecule has 3 rings (SSSR count). The second-order valence-electron chi connectivity index (χ2n) is 6.25. The SMILES string of the molecule is CC(C)[C@@](C)(C#N)NC(=O)CSc1nnc(-c2ccc3c(c2)OCO3)o1. The molecule has 1 aromatic heterocycles. The van der Waals surface area contributed by atoms with Crippen molar-refractivity contribution < 1.29 is 18.7 Å². The van der Waals surface area contributed by atoms with Gasteiger partial charge in [0, 0.05) is 5.56 Å². The van der Waals surface area contributed by atoms with Crippen LogP contribution in [0.4, 0.5) is 0 Å². The largest absolute Gasteiger partial charge is 0.454 e. The molecule has 2 aromatic rings. The summed E-state index contributed by atoms with van der Waals surface area (Å²) in [6.07, 6.45) is 0. The third-order valence-corrected chi connectivity index (χ3v) is 4.96. The minimum absolute atomic E-state index is 0.0116. The first kappa shape index (κ1) is 18.1. The van der Waals surface area contributed by atoms with Gasteiger partial charge in [0.2, 0.25) is 18.6 Å². The van der Waals surface area contributed by atoms with E-state index in [-0.39, 0.29) is 29.6 Å². The van der Waals surface area contributed by atoms with Gasteiger partial charge in [-0.3, -0.25) is 4.79 Å². The zero-order valence-corrected chi connectivity index (χ0v) is 15.4. The number of nitrogens with zero attached hydrogens (tertiary/aromatic N) is 3. The highest BCUT2D eigenvalue weighted by atomic mass is 32.2. The van der Waals surface area contributed by atoms with Gasteiger partial charge in [0.05, 0.1) is 11.8 Å². The van der Waals surface area contributed by atoms with Crippen LogP contribution < -0.4 is 14.8 Å². The number of ether oxygens (including phenoxy) is 2. The van der Waals surface area contributed by atoms with Crippen LogP contribution >= 0.6 is 11.8 Å². The summed E-state index contributed by atoms with van der Waals surface area (Å²) in [5.74, 6) is 1.42. The molecular formula is C17H18N4O4S. The number of aromatic nitrogens is 2. The summed E-state index contributed by atoms with van der Waals surface area (Å²) >= 11 is 1.11. The van der Waals surface area contributed by atoms with Gasteiger partial charge in [0.1, 0.15) is 5.54 Å². The highest BCUT2D eigenvalue weighted by molar-refractivity contribution is 7.99. The van der Waals surface area contributed by atoms with Crippen LogP contribution in [0.1, 0.15) is 20.8 Å². The number of benzene rings is 1. The van der Waals surface area contributed by atoms with Crippen LogP contribution in [-0.2, 0) is 4.79 Å². The van der Waals surface area contributed by atoms with Gasteiger partial charge in [-0.25, -0.2) is 0 Å². The Morgan fingerprint density at radius 1 is 1.38 bits per heavy atom. The Kier molecular flexibility index (Phi) is 5.04. The third kappa shape index (κ3) is 3.75. The first-order chi connectivity index (χ1) is 12.4. The average molecular weight is 374 g/mol. The predicted octanol–water partition coefficient (Wildman–Crippen LogP) is 2.61. The molecule has 1 aliphatic rings. The number of hydrogen-bond donors (Lipinski definition) is 1.